The van der Waals surface area contributed by atoms with Crippen LogP contribution in [0.15, 0.2) is 78.9 Å². The van der Waals surface area contributed by atoms with Crippen LogP contribution in [-0.2, 0) is 66.5 Å². The van der Waals surface area contributed by atoms with Crippen LogP contribution in [0.2, 0.25) is 0 Å². The van der Waals surface area contributed by atoms with E-state index in [1.807, 2.05) is 0 Å². The minimum absolute atomic E-state index is 0.00877. The SMILES string of the molecule is COc1cc(/C=C/C(=O)O[C@H]2[C@H](O[C@@H]3O[C@H](COC(C)=O)[C@@H](O)[C@H](O)[C@H]3O)[C@@H](O[C@@H]3O[C@H](CO)[C@@H](O)[C@H](O)[C@H]3O)[C@@H](O[C@]3(COC(=O)/C=C/c4ccc(O)cc4OC)O[C@H](CO)[C@@H](O)[C@@H]3OC(=O)c3ccccc3)O[C@@H]2CO)ccc1O. The van der Waals surface area contributed by atoms with Gasteiger partial charge in [-0.1, -0.05) is 24.3 Å². The Labute approximate surface area is 466 Å². The van der Waals surface area contributed by atoms with Crippen LogP contribution in [-0.4, -0.2) is 249 Å². The van der Waals surface area contributed by atoms with Crippen molar-refractivity contribution >= 4 is 36.0 Å². The lowest BCUT2D eigenvalue weighted by molar-refractivity contribution is -0.421. The summed E-state index contributed by atoms with van der Waals surface area (Å²) in [5.74, 6) is -7.68. The first-order valence-corrected chi connectivity index (χ1v) is 25.2. The highest BCUT2D eigenvalue weighted by atomic mass is 16.8. The Morgan fingerprint density at radius 2 is 1.20 bits per heavy atom. The topological polar surface area (TPSA) is 431 Å². The molecule has 0 amide bonds. The quantitative estimate of drug-likeness (QED) is 0.0266. The number of aliphatic hydroxyl groups excluding tert-OH is 10. The third-order valence-corrected chi connectivity index (χ3v) is 13.4. The Morgan fingerprint density at radius 3 is 1.83 bits per heavy atom. The number of rotatable bonds is 22. The molecule has 0 saturated carbocycles. The number of methoxy groups -OCH3 is 2. The van der Waals surface area contributed by atoms with E-state index in [0.29, 0.717) is 0 Å². The van der Waals surface area contributed by atoms with E-state index < -0.39 is 173 Å². The van der Waals surface area contributed by atoms with Gasteiger partial charge in [-0.3, -0.25) is 4.79 Å². The van der Waals surface area contributed by atoms with Crippen LogP contribution in [0.25, 0.3) is 12.2 Å². The van der Waals surface area contributed by atoms with Gasteiger partial charge in [0.15, 0.2) is 42.6 Å². The zero-order valence-corrected chi connectivity index (χ0v) is 43.9. The van der Waals surface area contributed by atoms with E-state index in [2.05, 4.69) is 0 Å². The summed E-state index contributed by atoms with van der Waals surface area (Å²) >= 11 is 0. The number of ether oxygens (including phenoxy) is 13. The van der Waals surface area contributed by atoms with Crippen molar-refractivity contribution in [2.24, 2.45) is 0 Å². The molecule has 4 fully saturated rings. The van der Waals surface area contributed by atoms with E-state index in [9.17, 15) is 80.5 Å². The van der Waals surface area contributed by atoms with Crippen molar-refractivity contribution in [3.63, 3.8) is 0 Å². The lowest BCUT2D eigenvalue weighted by atomic mass is 9.95. The minimum atomic E-state index is -2.92. The van der Waals surface area contributed by atoms with E-state index in [-0.39, 0.29) is 39.7 Å². The Morgan fingerprint density at radius 1 is 0.585 bits per heavy atom. The molecule has 4 heterocycles. The Kier molecular flexibility index (Phi) is 21.7. The van der Waals surface area contributed by atoms with E-state index in [1.165, 1.54) is 87.0 Å². The zero-order chi connectivity index (χ0) is 59.6. The molecule has 29 heteroatoms. The normalized spacial score (nSPS) is 33.9. The minimum Gasteiger partial charge on any atom is -0.508 e. The van der Waals surface area contributed by atoms with Crippen molar-refractivity contribution in [2.45, 2.75) is 123 Å². The molecule has 4 saturated heterocycles. The highest BCUT2D eigenvalue weighted by Crippen LogP contribution is 2.42. The molecular weight excluding hydrogens is 1100 g/mol. The lowest BCUT2D eigenvalue weighted by Gasteiger charge is -2.50. The average Bonchev–Trinajstić information content (AvgIpc) is 2.52. The van der Waals surface area contributed by atoms with E-state index in [4.69, 9.17) is 61.6 Å². The number of phenols is 2. The van der Waals surface area contributed by atoms with Gasteiger partial charge in [0, 0.05) is 30.7 Å². The Hall–Kier alpha value is -6.46. The van der Waals surface area contributed by atoms with Crippen molar-refractivity contribution in [3.8, 4) is 23.0 Å². The number of benzene rings is 3. The molecule has 7 rings (SSSR count). The monoisotopic (exact) mass is 1160 g/mol. The molecule has 82 heavy (non-hydrogen) atoms. The lowest BCUT2D eigenvalue weighted by Crippen LogP contribution is -2.69. The second-order valence-electron chi connectivity index (χ2n) is 18.9. The molecule has 4 aliphatic heterocycles. The standard InChI is InChI=1S/C53H64O29/c1-24(57)72-22-35-39(63)42(66)44(68)51(76-35)78-46-45(77-37(61)15-10-25-9-14-29(59)31(17-25)71-3)34(21-56)75-52(47(46)79-50-43(67)41(65)38(62)32(19-54)74-50)82-53(23-73-36(60)16-12-26-11-13-28(58)18-30(26)70-2)48(40(64)33(20-55)81-53)80-49(69)27-7-5-4-6-8-27/h4-18,32-35,38-48,50-52,54-56,58-59,62-68H,19-23H2,1-3H3/b15-10+,16-12+/t32-,33-,34-,35-,38-,39-,40-,41+,42+,43-,44-,45-,46+,47-,48+,50+,51+,52-,53+/m1/s1. The maximum absolute atomic E-state index is 14.0. The Balaban J connectivity index is 1.37. The third-order valence-electron chi connectivity index (χ3n) is 13.4. The Bertz CT molecular complexity index is 2690. The fourth-order valence-corrected chi connectivity index (χ4v) is 9.12. The molecule has 0 spiro atoms. The largest absolute Gasteiger partial charge is 0.508 e. The molecule has 19 atom stereocenters. The molecule has 3 aromatic rings. The number of hydrogen-bond donors (Lipinski definition) is 12. The van der Waals surface area contributed by atoms with Crippen LogP contribution in [0.4, 0.5) is 0 Å². The maximum Gasteiger partial charge on any atom is 0.338 e. The molecule has 0 unspecified atom stereocenters. The summed E-state index contributed by atoms with van der Waals surface area (Å²) in [5, 5.41) is 131. The highest BCUT2D eigenvalue weighted by Gasteiger charge is 2.64. The number of carbonyl (C=O) groups excluding carboxylic acids is 4. The smallest absolute Gasteiger partial charge is 0.338 e. The fraction of sp³-hybridized carbons (Fsp3) is 0.509. The number of aromatic hydroxyl groups is 2. The van der Waals surface area contributed by atoms with Crippen molar-refractivity contribution < 1.29 is 142 Å². The van der Waals surface area contributed by atoms with Crippen molar-refractivity contribution in [3.05, 3.63) is 95.6 Å². The highest BCUT2D eigenvalue weighted by molar-refractivity contribution is 5.90. The van der Waals surface area contributed by atoms with Crippen LogP contribution in [0.5, 0.6) is 23.0 Å². The van der Waals surface area contributed by atoms with Gasteiger partial charge in [0.2, 0.25) is 5.79 Å². The maximum atomic E-state index is 14.0. The molecule has 3 aromatic carbocycles. The van der Waals surface area contributed by atoms with Gasteiger partial charge in [-0.15, -0.1) is 0 Å². The summed E-state index contributed by atoms with van der Waals surface area (Å²) in [6.45, 7) is -4.23. The van der Waals surface area contributed by atoms with E-state index in [1.54, 1.807) is 6.07 Å². The summed E-state index contributed by atoms with van der Waals surface area (Å²) in [7, 11) is 2.57. The van der Waals surface area contributed by atoms with Crippen LogP contribution in [0.3, 0.4) is 0 Å². The van der Waals surface area contributed by atoms with E-state index in [0.717, 1.165) is 19.1 Å². The van der Waals surface area contributed by atoms with Crippen LogP contribution < -0.4 is 9.47 Å². The van der Waals surface area contributed by atoms with Gasteiger partial charge in [0.25, 0.3) is 0 Å². The van der Waals surface area contributed by atoms with Gasteiger partial charge in [-0.05, 0) is 54.1 Å². The van der Waals surface area contributed by atoms with Gasteiger partial charge < -0.3 is 123 Å². The summed E-state index contributed by atoms with van der Waals surface area (Å²) in [6, 6.07) is 15.1. The molecule has 0 radical (unpaired) electrons. The molecular formula is C53H64O29. The molecule has 12 N–H and O–H groups in total. The second-order valence-corrected chi connectivity index (χ2v) is 18.9. The molecule has 29 nitrogen and oxygen atoms in total. The number of carbonyl (C=O) groups is 4. The second kappa shape index (κ2) is 28.2. The van der Waals surface area contributed by atoms with Crippen molar-refractivity contribution in [1.82, 2.24) is 0 Å². The number of phenolic OH excluding ortho intramolecular Hbond substituents is 2. The first-order chi connectivity index (χ1) is 39.1. The number of aliphatic hydroxyl groups is 10. The summed E-state index contributed by atoms with van der Waals surface area (Å²) in [4.78, 5) is 53.5. The van der Waals surface area contributed by atoms with Gasteiger partial charge in [0.05, 0.1) is 39.6 Å². The molecule has 450 valence electrons. The van der Waals surface area contributed by atoms with Crippen molar-refractivity contribution in [1.29, 1.82) is 0 Å². The summed E-state index contributed by atoms with van der Waals surface area (Å²) < 4.78 is 75.8. The molecule has 0 aromatic heterocycles. The first kappa shape index (κ1) is 63.1. The molecule has 0 bridgehead atoms. The summed E-state index contributed by atoms with van der Waals surface area (Å²) in [6.07, 6.45) is -33.6. The predicted molar refractivity (Wildman–Crippen MR) is 268 cm³/mol. The first-order valence-electron chi connectivity index (χ1n) is 25.2. The summed E-state index contributed by atoms with van der Waals surface area (Å²) in [5.41, 5.74) is 0.414. The zero-order valence-electron chi connectivity index (χ0n) is 43.9. The molecule has 4 aliphatic rings. The van der Waals surface area contributed by atoms with Gasteiger partial charge in [-0.25, -0.2) is 14.4 Å². The van der Waals surface area contributed by atoms with Gasteiger partial charge >= 0.3 is 23.9 Å². The van der Waals surface area contributed by atoms with Gasteiger partial charge in [-0.2, -0.15) is 0 Å². The van der Waals surface area contributed by atoms with Crippen LogP contribution in [0.1, 0.15) is 28.4 Å². The van der Waals surface area contributed by atoms with Gasteiger partial charge in [0.1, 0.15) is 104 Å². The average molecular weight is 1170 g/mol. The van der Waals surface area contributed by atoms with Crippen LogP contribution in [0, 0.1) is 0 Å². The fourth-order valence-electron chi connectivity index (χ4n) is 9.12. The third kappa shape index (κ3) is 14.6. The van der Waals surface area contributed by atoms with E-state index >= 15 is 0 Å². The molecule has 0 aliphatic carbocycles. The number of hydrogen-bond acceptors (Lipinski definition) is 29. The number of esters is 4. The van der Waals surface area contributed by atoms with Crippen LogP contribution >= 0.6 is 0 Å². The predicted octanol–water partition coefficient (Wildman–Crippen LogP) is -3.35. The van der Waals surface area contributed by atoms with Crippen molar-refractivity contribution in [2.75, 3.05) is 47.3 Å².